The molecule has 0 radical (unpaired) electrons. The van der Waals surface area contributed by atoms with Crippen LogP contribution in [0.15, 0.2) is 36.7 Å². The summed E-state index contributed by atoms with van der Waals surface area (Å²) in [4.78, 5) is 8.05. The first-order valence-corrected chi connectivity index (χ1v) is 5.20. The molecule has 0 fully saturated rings. The van der Waals surface area contributed by atoms with Gasteiger partial charge in [-0.2, -0.15) is 0 Å². The number of nitrogens with two attached hydrogens (primary N) is 1. The van der Waals surface area contributed by atoms with E-state index in [4.69, 9.17) is 15.6 Å². The molecular formula is C12H13N3O2. The molecule has 0 aliphatic heterocycles. The van der Waals surface area contributed by atoms with Crippen molar-refractivity contribution in [2.24, 2.45) is 5.73 Å². The van der Waals surface area contributed by atoms with Crippen LogP contribution in [0.3, 0.4) is 0 Å². The Morgan fingerprint density at radius 2 is 1.71 bits per heavy atom. The summed E-state index contributed by atoms with van der Waals surface area (Å²) < 4.78 is 5.43. The highest BCUT2D eigenvalue weighted by molar-refractivity contribution is 5.28. The molecule has 0 atom stereocenters. The van der Waals surface area contributed by atoms with Crippen LogP contribution < -0.4 is 10.5 Å². The van der Waals surface area contributed by atoms with E-state index in [0.29, 0.717) is 12.3 Å². The van der Waals surface area contributed by atoms with Gasteiger partial charge in [0.15, 0.2) is 0 Å². The minimum Gasteiger partial charge on any atom is -0.424 e. The van der Waals surface area contributed by atoms with Crippen LogP contribution >= 0.6 is 0 Å². The monoisotopic (exact) mass is 231 g/mol. The fourth-order valence-electron chi connectivity index (χ4n) is 1.27. The lowest BCUT2D eigenvalue weighted by molar-refractivity contribution is 0.281. The number of aromatic nitrogens is 2. The van der Waals surface area contributed by atoms with Crippen LogP contribution in [-0.4, -0.2) is 15.1 Å². The Morgan fingerprint density at radius 1 is 1.06 bits per heavy atom. The molecule has 0 aliphatic carbocycles. The van der Waals surface area contributed by atoms with Gasteiger partial charge in [-0.15, -0.1) is 0 Å². The van der Waals surface area contributed by atoms with Gasteiger partial charge >= 0.3 is 6.01 Å². The average molecular weight is 231 g/mol. The van der Waals surface area contributed by atoms with Crippen LogP contribution in [0, 0.1) is 0 Å². The van der Waals surface area contributed by atoms with E-state index in [1.54, 1.807) is 36.7 Å². The third-order valence-corrected chi connectivity index (χ3v) is 2.23. The van der Waals surface area contributed by atoms with Gasteiger partial charge in [0.1, 0.15) is 5.75 Å². The molecule has 2 rings (SSSR count). The van der Waals surface area contributed by atoms with Gasteiger partial charge in [0.25, 0.3) is 0 Å². The fraction of sp³-hybridized carbons (Fsp3) is 0.167. The van der Waals surface area contributed by atoms with E-state index in [-0.39, 0.29) is 12.6 Å². The highest BCUT2D eigenvalue weighted by Gasteiger charge is 2.00. The van der Waals surface area contributed by atoms with Gasteiger partial charge in [0, 0.05) is 24.5 Å². The summed E-state index contributed by atoms with van der Waals surface area (Å²) in [6.07, 6.45) is 3.26. The number of rotatable bonds is 4. The molecule has 0 unspecified atom stereocenters. The second kappa shape index (κ2) is 5.38. The minimum absolute atomic E-state index is 0.0159. The highest BCUT2D eigenvalue weighted by atomic mass is 16.5. The molecule has 0 saturated heterocycles. The Kier molecular flexibility index (Phi) is 3.64. The van der Waals surface area contributed by atoms with Crippen molar-refractivity contribution in [1.29, 1.82) is 0 Å². The number of aliphatic hydroxyl groups excluding tert-OH is 1. The smallest absolute Gasteiger partial charge is 0.321 e. The van der Waals surface area contributed by atoms with Crippen LogP contribution in [0.5, 0.6) is 11.8 Å². The third-order valence-electron chi connectivity index (χ3n) is 2.23. The second-order valence-corrected chi connectivity index (χ2v) is 3.48. The summed E-state index contributed by atoms with van der Waals surface area (Å²) in [5.41, 5.74) is 7.12. The molecule has 1 aromatic carbocycles. The van der Waals surface area contributed by atoms with Crippen molar-refractivity contribution >= 4 is 0 Å². The zero-order valence-corrected chi connectivity index (χ0v) is 9.21. The van der Waals surface area contributed by atoms with Crippen molar-refractivity contribution in [3.8, 4) is 11.8 Å². The predicted octanol–water partition coefficient (Wildman–Crippen LogP) is 1.22. The Labute approximate surface area is 98.9 Å². The maximum Gasteiger partial charge on any atom is 0.321 e. The molecular weight excluding hydrogens is 218 g/mol. The molecule has 1 heterocycles. The first-order valence-electron chi connectivity index (χ1n) is 5.20. The Morgan fingerprint density at radius 3 is 2.24 bits per heavy atom. The van der Waals surface area contributed by atoms with Gasteiger partial charge < -0.3 is 15.6 Å². The Hall–Kier alpha value is -1.98. The SMILES string of the molecule is NCc1cnc(Oc2ccc(CO)cc2)nc1. The molecule has 0 aliphatic rings. The summed E-state index contributed by atoms with van der Waals surface area (Å²) in [5.74, 6) is 0.627. The molecule has 2 aromatic rings. The van der Waals surface area contributed by atoms with Gasteiger partial charge in [-0.1, -0.05) is 12.1 Å². The first-order chi connectivity index (χ1) is 8.31. The maximum atomic E-state index is 8.90. The second-order valence-electron chi connectivity index (χ2n) is 3.48. The fourth-order valence-corrected chi connectivity index (χ4v) is 1.27. The predicted molar refractivity (Wildman–Crippen MR) is 62.4 cm³/mol. The largest absolute Gasteiger partial charge is 0.424 e. The van der Waals surface area contributed by atoms with E-state index < -0.39 is 0 Å². The normalized spacial score (nSPS) is 10.2. The van der Waals surface area contributed by atoms with Gasteiger partial charge in [-0.25, -0.2) is 9.97 Å². The van der Waals surface area contributed by atoms with Crippen molar-refractivity contribution in [3.05, 3.63) is 47.8 Å². The average Bonchev–Trinajstić information content (AvgIpc) is 2.40. The van der Waals surface area contributed by atoms with E-state index in [1.807, 2.05) is 0 Å². The zero-order chi connectivity index (χ0) is 12.1. The standard InChI is InChI=1S/C12H13N3O2/c13-5-10-6-14-12(15-7-10)17-11-3-1-9(8-16)2-4-11/h1-4,6-7,16H,5,8,13H2. The van der Waals surface area contributed by atoms with E-state index in [1.165, 1.54) is 0 Å². The highest BCUT2D eigenvalue weighted by Crippen LogP contribution is 2.17. The van der Waals surface area contributed by atoms with Gasteiger partial charge in [0.05, 0.1) is 6.61 Å². The lowest BCUT2D eigenvalue weighted by atomic mass is 10.2. The molecule has 0 saturated carbocycles. The molecule has 5 nitrogen and oxygen atoms in total. The molecule has 88 valence electrons. The number of ether oxygens (including phenoxy) is 1. The van der Waals surface area contributed by atoms with Crippen molar-refractivity contribution < 1.29 is 9.84 Å². The van der Waals surface area contributed by atoms with Gasteiger partial charge in [-0.05, 0) is 17.7 Å². The molecule has 1 aromatic heterocycles. The number of hydrogen-bond donors (Lipinski definition) is 2. The van der Waals surface area contributed by atoms with Gasteiger partial charge in [0.2, 0.25) is 0 Å². The maximum absolute atomic E-state index is 8.90. The number of hydrogen-bond acceptors (Lipinski definition) is 5. The van der Waals surface area contributed by atoms with Gasteiger partial charge in [-0.3, -0.25) is 0 Å². The molecule has 0 spiro atoms. The Balaban J connectivity index is 2.08. The summed E-state index contributed by atoms with van der Waals surface area (Å²) in [7, 11) is 0. The molecule has 3 N–H and O–H groups in total. The van der Waals surface area contributed by atoms with Crippen molar-refractivity contribution in [3.63, 3.8) is 0 Å². The number of aliphatic hydroxyl groups is 1. The van der Waals surface area contributed by atoms with E-state index in [0.717, 1.165) is 11.1 Å². The van der Waals surface area contributed by atoms with E-state index >= 15 is 0 Å². The summed E-state index contributed by atoms with van der Waals surface area (Å²) >= 11 is 0. The van der Waals surface area contributed by atoms with Crippen LogP contribution in [0.1, 0.15) is 11.1 Å². The number of nitrogens with zero attached hydrogens (tertiary/aromatic N) is 2. The van der Waals surface area contributed by atoms with Crippen molar-refractivity contribution in [2.75, 3.05) is 0 Å². The molecule has 5 heteroatoms. The molecule has 0 bridgehead atoms. The summed E-state index contributed by atoms with van der Waals surface area (Å²) in [6.45, 7) is 0.424. The third kappa shape index (κ3) is 2.99. The Bertz CT molecular complexity index is 423. The number of benzene rings is 1. The van der Waals surface area contributed by atoms with Crippen LogP contribution in [0.25, 0.3) is 0 Å². The van der Waals surface area contributed by atoms with Crippen molar-refractivity contribution in [2.45, 2.75) is 13.2 Å². The first kappa shape index (κ1) is 11.5. The lowest BCUT2D eigenvalue weighted by Crippen LogP contribution is -1.99. The van der Waals surface area contributed by atoms with Crippen molar-refractivity contribution in [1.82, 2.24) is 9.97 Å². The van der Waals surface area contributed by atoms with E-state index in [9.17, 15) is 0 Å². The molecule has 0 amide bonds. The lowest BCUT2D eigenvalue weighted by Gasteiger charge is -2.04. The quantitative estimate of drug-likeness (QED) is 0.826. The topological polar surface area (TPSA) is 81.3 Å². The summed E-state index contributed by atoms with van der Waals surface area (Å²) in [6, 6.07) is 7.35. The van der Waals surface area contributed by atoms with Crippen LogP contribution in [-0.2, 0) is 13.2 Å². The molecule has 17 heavy (non-hydrogen) atoms. The van der Waals surface area contributed by atoms with Crippen LogP contribution in [0.2, 0.25) is 0 Å². The van der Waals surface area contributed by atoms with Crippen LogP contribution in [0.4, 0.5) is 0 Å². The zero-order valence-electron chi connectivity index (χ0n) is 9.21. The minimum atomic E-state index is 0.0159. The summed E-state index contributed by atoms with van der Waals surface area (Å²) in [5, 5.41) is 8.90. The van der Waals surface area contributed by atoms with E-state index in [2.05, 4.69) is 9.97 Å².